The maximum absolute atomic E-state index is 12.0. The fourth-order valence-electron chi connectivity index (χ4n) is 1.66. The topological polar surface area (TPSA) is 102 Å². The molecule has 8 heteroatoms. The molecule has 1 amide bonds. The van der Waals surface area contributed by atoms with Crippen LogP contribution in [0.1, 0.15) is 23.7 Å². The van der Waals surface area contributed by atoms with Crippen LogP contribution in [0.2, 0.25) is 0 Å². The number of carbonyl (C=O) groups is 2. The zero-order valence-electron chi connectivity index (χ0n) is 10.5. The Morgan fingerprint density at radius 1 is 1.55 bits per heavy atom. The fourth-order valence-corrected chi connectivity index (χ4v) is 2.48. The predicted molar refractivity (Wildman–Crippen MR) is 74.7 cm³/mol. The van der Waals surface area contributed by atoms with E-state index >= 15 is 0 Å². The molecule has 1 aromatic carbocycles. The van der Waals surface area contributed by atoms with Crippen molar-refractivity contribution >= 4 is 33.6 Å². The number of hydrogen-bond donors (Lipinski definition) is 1. The Labute approximate surface area is 118 Å². The summed E-state index contributed by atoms with van der Waals surface area (Å²) in [5, 5.41) is 13.0. The molecule has 0 aliphatic carbocycles. The minimum absolute atomic E-state index is 0.153. The Bertz CT molecular complexity index is 614. The van der Waals surface area contributed by atoms with Gasteiger partial charge >= 0.3 is 0 Å². The van der Waals surface area contributed by atoms with E-state index in [4.69, 9.17) is 0 Å². The number of carbonyl (C=O) groups excluding carboxylic acids is 2. The summed E-state index contributed by atoms with van der Waals surface area (Å²) in [7, 11) is 0. The first-order valence-electron chi connectivity index (χ1n) is 5.80. The van der Waals surface area contributed by atoms with Crippen molar-refractivity contribution in [2.24, 2.45) is 4.99 Å². The van der Waals surface area contributed by atoms with Gasteiger partial charge in [0, 0.05) is 24.1 Å². The SMILES string of the molecule is CC1CC(=O)NC(SC(=O)c2cccc([N+](=O)[O-])c2)=N1. The predicted octanol–water partition coefficient (Wildman–Crippen LogP) is 1.73. The Hall–Kier alpha value is -2.22. The summed E-state index contributed by atoms with van der Waals surface area (Å²) < 4.78 is 0. The van der Waals surface area contributed by atoms with E-state index < -0.39 is 10.0 Å². The molecule has 0 saturated heterocycles. The molecule has 0 saturated carbocycles. The summed E-state index contributed by atoms with van der Waals surface area (Å²) >= 11 is 0.758. The van der Waals surface area contributed by atoms with E-state index in [-0.39, 0.29) is 34.8 Å². The van der Waals surface area contributed by atoms with Crippen LogP contribution in [-0.2, 0) is 4.79 Å². The summed E-state index contributed by atoms with van der Waals surface area (Å²) in [6.07, 6.45) is 0.287. The van der Waals surface area contributed by atoms with Gasteiger partial charge in [0.2, 0.25) is 11.0 Å². The van der Waals surface area contributed by atoms with Crippen molar-refractivity contribution in [1.82, 2.24) is 5.32 Å². The molecule has 0 aromatic heterocycles. The quantitative estimate of drug-likeness (QED) is 0.661. The third-order valence-electron chi connectivity index (χ3n) is 2.55. The Kier molecular flexibility index (Phi) is 4.14. The lowest BCUT2D eigenvalue weighted by atomic mass is 10.2. The highest BCUT2D eigenvalue weighted by Crippen LogP contribution is 2.20. The monoisotopic (exact) mass is 293 g/mol. The highest BCUT2D eigenvalue weighted by Gasteiger charge is 2.21. The van der Waals surface area contributed by atoms with Gasteiger partial charge in [0.25, 0.3) is 5.69 Å². The maximum Gasteiger partial charge on any atom is 0.270 e. The van der Waals surface area contributed by atoms with Gasteiger partial charge in [-0.15, -0.1) is 0 Å². The summed E-state index contributed by atoms with van der Waals surface area (Å²) in [6, 6.07) is 5.25. The number of nitrogens with zero attached hydrogens (tertiary/aromatic N) is 2. The van der Waals surface area contributed by atoms with Crippen LogP contribution < -0.4 is 5.32 Å². The smallest absolute Gasteiger partial charge is 0.270 e. The molecule has 104 valence electrons. The third kappa shape index (κ3) is 3.41. The first-order valence-corrected chi connectivity index (χ1v) is 6.61. The van der Waals surface area contributed by atoms with Gasteiger partial charge < -0.3 is 5.32 Å². The minimum Gasteiger partial charge on any atom is -0.305 e. The van der Waals surface area contributed by atoms with Gasteiger partial charge in [-0.05, 0) is 24.8 Å². The van der Waals surface area contributed by atoms with Crippen molar-refractivity contribution in [3.8, 4) is 0 Å². The Balaban J connectivity index is 2.14. The molecule has 2 rings (SSSR count). The second kappa shape index (κ2) is 5.83. The third-order valence-corrected chi connectivity index (χ3v) is 3.37. The number of non-ortho nitro benzene ring substituents is 1. The molecular weight excluding hydrogens is 282 g/mol. The molecule has 1 atom stereocenters. The van der Waals surface area contributed by atoms with Crippen molar-refractivity contribution in [2.75, 3.05) is 0 Å². The molecule has 1 heterocycles. The van der Waals surface area contributed by atoms with Crippen molar-refractivity contribution in [3.05, 3.63) is 39.9 Å². The van der Waals surface area contributed by atoms with E-state index in [1.807, 2.05) is 0 Å². The van der Waals surface area contributed by atoms with Crippen molar-refractivity contribution in [1.29, 1.82) is 0 Å². The zero-order valence-corrected chi connectivity index (χ0v) is 11.3. The second-order valence-electron chi connectivity index (χ2n) is 4.23. The van der Waals surface area contributed by atoms with Gasteiger partial charge in [-0.25, -0.2) is 0 Å². The molecular formula is C12H11N3O4S. The highest BCUT2D eigenvalue weighted by molar-refractivity contribution is 8.26. The molecule has 0 bridgehead atoms. The zero-order chi connectivity index (χ0) is 14.7. The number of hydrogen-bond acceptors (Lipinski definition) is 6. The fraction of sp³-hybridized carbons (Fsp3) is 0.250. The molecule has 7 nitrogen and oxygen atoms in total. The average Bonchev–Trinajstić information content (AvgIpc) is 2.37. The van der Waals surface area contributed by atoms with E-state index in [0.29, 0.717) is 0 Å². The van der Waals surface area contributed by atoms with Gasteiger partial charge in [0.15, 0.2) is 5.17 Å². The number of thioether (sulfide) groups is 1. The first-order chi connectivity index (χ1) is 9.45. The number of rotatable bonds is 2. The molecule has 1 aromatic rings. The average molecular weight is 293 g/mol. The Morgan fingerprint density at radius 3 is 2.95 bits per heavy atom. The lowest BCUT2D eigenvalue weighted by Gasteiger charge is -2.16. The number of amides is 1. The molecule has 0 radical (unpaired) electrons. The largest absolute Gasteiger partial charge is 0.305 e. The molecule has 0 spiro atoms. The molecule has 20 heavy (non-hydrogen) atoms. The lowest BCUT2D eigenvalue weighted by molar-refractivity contribution is -0.384. The number of nitro groups is 1. The van der Waals surface area contributed by atoms with Gasteiger partial charge in [-0.3, -0.25) is 24.7 Å². The second-order valence-corrected chi connectivity index (χ2v) is 5.19. The lowest BCUT2D eigenvalue weighted by Crippen LogP contribution is -2.36. The molecule has 0 fully saturated rings. The molecule has 1 aliphatic rings. The van der Waals surface area contributed by atoms with Crippen LogP contribution in [0.15, 0.2) is 29.3 Å². The van der Waals surface area contributed by atoms with Crippen molar-refractivity contribution in [3.63, 3.8) is 0 Å². The standard InChI is InChI=1S/C12H11N3O4S/c1-7-5-10(16)14-12(13-7)20-11(17)8-3-2-4-9(6-8)15(18)19/h2-4,6-7H,5H2,1H3,(H,13,14,16). The minimum atomic E-state index is -0.566. The van der Waals surface area contributed by atoms with Crippen LogP contribution in [-0.4, -0.2) is 27.2 Å². The van der Waals surface area contributed by atoms with E-state index in [1.165, 1.54) is 24.3 Å². The van der Waals surface area contributed by atoms with Crippen LogP contribution >= 0.6 is 11.8 Å². The summed E-state index contributed by atoms with van der Waals surface area (Å²) in [5.41, 5.74) is 0.0406. The Morgan fingerprint density at radius 2 is 2.30 bits per heavy atom. The van der Waals surface area contributed by atoms with Crippen LogP contribution in [0.4, 0.5) is 5.69 Å². The molecule has 1 unspecified atom stereocenters. The van der Waals surface area contributed by atoms with Gasteiger partial charge in [0.1, 0.15) is 0 Å². The highest BCUT2D eigenvalue weighted by atomic mass is 32.2. The summed E-state index contributed by atoms with van der Waals surface area (Å²) in [6.45, 7) is 1.77. The molecule has 1 aliphatic heterocycles. The first kappa shape index (κ1) is 14.2. The van der Waals surface area contributed by atoms with Gasteiger partial charge in [0.05, 0.1) is 11.0 Å². The van der Waals surface area contributed by atoms with Crippen LogP contribution in [0.3, 0.4) is 0 Å². The van der Waals surface area contributed by atoms with E-state index in [1.54, 1.807) is 6.92 Å². The maximum atomic E-state index is 12.0. The van der Waals surface area contributed by atoms with Gasteiger partial charge in [-0.2, -0.15) is 0 Å². The summed E-state index contributed by atoms with van der Waals surface area (Å²) in [5.74, 6) is -0.193. The number of nitro benzene ring substituents is 1. The number of aliphatic imine (C=N–C) groups is 1. The van der Waals surface area contributed by atoms with Crippen molar-refractivity contribution < 1.29 is 14.5 Å². The molecule has 1 N–H and O–H groups in total. The van der Waals surface area contributed by atoms with E-state index in [2.05, 4.69) is 10.3 Å². The number of amidine groups is 1. The van der Waals surface area contributed by atoms with Gasteiger partial charge in [-0.1, -0.05) is 6.07 Å². The number of benzene rings is 1. The van der Waals surface area contributed by atoms with Crippen LogP contribution in [0, 0.1) is 10.1 Å². The summed E-state index contributed by atoms with van der Waals surface area (Å²) in [4.78, 5) is 37.6. The van der Waals surface area contributed by atoms with E-state index in [0.717, 1.165) is 11.8 Å². The number of nitrogens with one attached hydrogen (secondary N) is 1. The van der Waals surface area contributed by atoms with Crippen molar-refractivity contribution in [2.45, 2.75) is 19.4 Å². The van der Waals surface area contributed by atoms with Crippen LogP contribution in [0.25, 0.3) is 0 Å². The van der Waals surface area contributed by atoms with Crippen LogP contribution in [0.5, 0.6) is 0 Å². The normalized spacial score (nSPS) is 18.1. The van der Waals surface area contributed by atoms with E-state index in [9.17, 15) is 19.7 Å².